The van der Waals surface area contributed by atoms with Crippen LogP contribution in [0.15, 0.2) is 47.4 Å². The molecule has 0 saturated carbocycles. The Labute approximate surface area is 92.7 Å². The van der Waals surface area contributed by atoms with E-state index in [1.165, 1.54) is 12.1 Å². The Hall–Kier alpha value is -1.47. The summed E-state index contributed by atoms with van der Waals surface area (Å²) in [5.74, 6) is 0. The quantitative estimate of drug-likeness (QED) is 0.733. The van der Waals surface area contributed by atoms with Crippen LogP contribution in [0.5, 0.6) is 0 Å². The van der Waals surface area contributed by atoms with Crippen molar-refractivity contribution in [1.82, 2.24) is 0 Å². The first-order chi connectivity index (χ1) is 6.57. The van der Waals surface area contributed by atoms with Crippen molar-refractivity contribution < 1.29 is 23.9 Å². The molecule has 5 N–H and O–H groups in total. The summed E-state index contributed by atoms with van der Waals surface area (Å²) in [7, 11) is -4.09. The van der Waals surface area contributed by atoms with E-state index < -0.39 is 10.1 Å². The van der Waals surface area contributed by atoms with E-state index >= 15 is 0 Å². The maximum Gasteiger partial charge on any atom is 0.294 e. The van der Waals surface area contributed by atoms with E-state index in [0.717, 1.165) is 10.8 Å². The van der Waals surface area contributed by atoms with E-state index in [-0.39, 0.29) is 15.8 Å². The fourth-order valence-electron chi connectivity index (χ4n) is 1.33. The topological polar surface area (TPSA) is 117 Å². The lowest BCUT2D eigenvalue weighted by atomic mass is 10.1. The summed E-state index contributed by atoms with van der Waals surface area (Å²) in [5.41, 5.74) is 0. The fraction of sp³-hybridized carbons (Fsp3) is 0. The highest BCUT2D eigenvalue weighted by atomic mass is 32.2. The average molecular weight is 244 g/mol. The Bertz CT molecular complexity index is 577. The molecule has 0 saturated heterocycles. The van der Waals surface area contributed by atoms with Gasteiger partial charge in [-0.3, -0.25) is 4.55 Å². The molecule has 2 aromatic carbocycles. The van der Waals surface area contributed by atoms with Crippen molar-refractivity contribution in [3.8, 4) is 0 Å². The predicted molar refractivity (Wildman–Crippen MR) is 61.0 cm³/mol. The number of fused-ring (bicyclic) bond motifs is 1. The smallest absolute Gasteiger partial charge is 0.294 e. The van der Waals surface area contributed by atoms with Gasteiger partial charge in [0.2, 0.25) is 0 Å². The van der Waals surface area contributed by atoms with Gasteiger partial charge in [0.25, 0.3) is 10.1 Å². The molecule has 0 atom stereocenters. The van der Waals surface area contributed by atoms with Crippen molar-refractivity contribution in [1.29, 1.82) is 0 Å². The van der Waals surface area contributed by atoms with Crippen LogP contribution in [-0.2, 0) is 10.1 Å². The van der Waals surface area contributed by atoms with Crippen LogP contribution >= 0.6 is 0 Å². The van der Waals surface area contributed by atoms with Gasteiger partial charge in [-0.05, 0) is 22.9 Å². The summed E-state index contributed by atoms with van der Waals surface area (Å²) in [6, 6.07) is 11.9. The van der Waals surface area contributed by atoms with Crippen molar-refractivity contribution >= 4 is 20.9 Å². The highest BCUT2D eigenvalue weighted by molar-refractivity contribution is 7.85. The van der Waals surface area contributed by atoms with E-state index in [0.29, 0.717) is 0 Å². The van der Waals surface area contributed by atoms with E-state index in [1.54, 1.807) is 12.1 Å². The Morgan fingerprint density at radius 3 is 2.00 bits per heavy atom. The first kappa shape index (κ1) is 14.5. The molecule has 2 rings (SSSR count). The summed E-state index contributed by atoms with van der Waals surface area (Å²) in [4.78, 5) is -0.0730. The second-order valence-corrected chi connectivity index (χ2v) is 4.41. The van der Waals surface area contributed by atoms with Gasteiger partial charge in [0.05, 0.1) is 4.90 Å². The molecular formula is C10H12O5S. The second-order valence-electron chi connectivity index (χ2n) is 2.98. The van der Waals surface area contributed by atoms with E-state index in [9.17, 15) is 8.42 Å². The number of hydrogen-bond acceptors (Lipinski definition) is 2. The van der Waals surface area contributed by atoms with E-state index in [4.69, 9.17) is 4.55 Å². The fourth-order valence-corrected chi connectivity index (χ4v) is 1.84. The average Bonchev–Trinajstić information content (AvgIpc) is 2.16. The Morgan fingerprint density at radius 2 is 1.44 bits per heavy atom. The van der Waals surface area contributed by atoms with Crippen LogP contribution in [0, 0.1) is 0 Å². The zero-order chi connectivity index (χ0) is 10.2. The SMILES string of the molecule is O.O.O=S(=O)(O)c1ccc2ccccc2c1. The normalized spacial score (nSPS) is 10.3. The lowest BCUT2D eigenvalue weighted by Gasteiger charge is -1.99. The summed E-state index contributed by atoms with van der Waals surface area (Å²) in [5, 5.41) is 1.74. The molecule has 0 spiro atoms. The molecule has 0 fully saturated rings. The van der Waals surface area contributed by atoms with Crippen LogP contribution in [-0.4, -0.2) is 23.9 Å². The molecule has 2 aromatic rings. The lowest BCUT2D eigenvalue weighted by Crippen LogP contribution is -1.97. The standard InChI is InChI=1S/C10H8O3S.2H2O/c11-14(12,13)10-6-5-8-3-1-2-4-9(8)7-10;;/h1-7H,(H,11,12,13);2*1H2. The van der Waals surface area contributed by atoms with Gasteiger partial charge in [-0.25, -0.2) is 0 Å². The molecule has 0 aromatic heterocycles. The Morgan fingerprint density at radius 1 is 0.875 bits per heavy atom. The van der Waals surface area contributed by atoms with Gasteiger partial charge >= 0.3 is 0 Å². The third-order valence-corrected chi connectivity index (χ3v) is 2.87. The lowest BCUT2D eigenvalue weighted by molar-refractivity contribution is 0.483. The van der Waals surface area contributed by atoms with Gasteiger partial charge < -0.3 is 11.0 Å². The summed E-state index contributed by atoms with van der Waals surface area (Å²) < 4.78 is 30.5. The minimum absolute atomic E-state index is 0. The Kier molecular flexibility index (Phi) is 4.58. The van der Waals surface area contributed by atoms with Crippen molar-refractivity contribution in [2.75, 3.05) is 0 Å². The minimum atomic E-state index is -4.09. The molecule has 0 aliphatic heterocycles. The van der Waals surface area contributed by atoms with Crippen molar-refractivity contribution in [2.45, 2.75) is 4.90 Å². The highest BCUT2D eigenvalue weighted by Crippen LogP contribution is 2.18. The predicted octanol–water partition coefficient (Wildman–Crippen LogP) is 0.437. The van der Waals surface area contributed by atoms with Gasteiger partial charge in [-0.1, -0.05) is 30.3 Å². The molecule has 5 nitrogen and oxygen atoms in total. The monoisotopic (exact) mass is 244 g/mol. The summed E-state index contributed by atoms with van der Waals surface area (Å²) in [6.07, 6.45) is 0. The molecule has 0 aliphatic carbocycles. The minimum Gasteiger partial charge on any atom is -0.412 e. The summed E-state index contributed by atoms with van der Waals surface area (Å²) >= 11 is 0. The van der Waals surface area contributed by atoms with Crippen LogP contribution in [0.3, 0.4) is 0 Å². The molecule has 0 heterocycles. The molecule has 0 bridgehead atoms. The van der Waals surface area contributed by atoms with Crippen LogP contribution in [0.2, 0.25) is 0 Å². The molecule has 0 unspecified atom stereocenters. The largest absolute Gasteiger partial charge is 0.412 e. The molecule has 16 heavy (non-hydrogen) atoms. The van der Waals surface area contributed by atoms with Gasteiger partial charge in [-0.2, -0.15) is 8.42 Å². The number of rotatable bonds is 1. The Balaban J connectivity index is 0.00000112. The maximum absolute atomic E-state index is 10.8. The van der Waals surface area contributed by atoms with E-state index in [1.807, 2.05) is 18.2 Å². The molecular weight excluding hydrogens is 232 g/mol. The molecule has 6 heteroatoms. The van der Waals surface area contributed by atoms with Gasteiger partial charge in [0.15, 0.2) is 0 Å². The third kappa shape index (κ3) is 2.77. The van der Waals surface area contributed by atoms with Crippen molar-refractivity contribution in [3.05, 3.63) is 42.5 Å². The highest BCUT2D eigenvalue weighted by Gasteiger charge is 2.08. The maximum atomic E-state index is 10.8. The zero-order valence-electron chi connectivity index (χ0n) is 8.21. The second kappa shape index (κ2) is 5.04. The summed E-state index contributed by atoms with van der Waals surface area (Å²) in [6.45, 7) is 0. The van der Waals surface area contributed by atoms with Gasteiger partial charge in [-0.15, -0.1) is 0 Å². The van der Waals surface area contributed by atoms with Gasteiger partial charge in [0.1, 0.15) is 0 Å². The van der Waals surface area contributed by atoms with Crippen molar-refractivity contribution in [3.63, 3.8) is 0 Å². The van der Waals surface area contributed by atoms with Crippen LogP contribution in [0.1, 0.15) is 0 Å². The van der Waals surface area contributed by atoms with Crippen LogP contribution < -0.4 is 0 Å². The van der Waals surface area contributed by atoms with E-state index in [2.05, 4.69) is 0 Å². The van der Waals surface area contributed by atoms with Crippen molar-refractivity contribution in [2.24, 2.45) is 0 Å². The first-order valence-electron chi connectivity index (χ1n) is 4.04. The van der Waals surface area contributed by atoms with Crippen LogP contribution in [0.4, 0.5) is 0 Å². The zero-order valence-corrected chi connectivity index (χ0v) is 9.03. The third-order valence-electron chi connectivity index (χ3n) is 2.02. The number of hydrogen-bond donors (Lipinski definition) is 1. The first-order valence-corrected chi connectivity index (χ1v) is 5.48. The number of benzene rings is 2. The molecule has 0 radical (unpaired) electrons. The molecule has 88 valence electrons. The van der Waals surface area contributed by atoms with Gasteiger partial charge in [0, 0.05) is 0 Å². The molecule has 0 amide bonds. The van der Waals surface area contributed by atoms with Crippen LogP contribution in [0.25, 0.3) is 10.8 Å². The molecule has 0 aliphatic rings.